The van der Waals surface area contributed by atoms with Crippen LogP contribution in [0, 0.1) is 17.0 Å². The number of aromatic nitrogens is 1. The predicted molar refractivity (Wildman–Crippen MR) is 148 cm³/mol. The molecule has 1 aromatic heterocycles. The Balaban J connectivity index is 1.23. The SMILES string of the molecule is Cc1ccc(-c2csc(N3CCN(c4ccc([N+](=O)[O-])c(NCCc5ccccc5)c4)CC3)n2)cc1. The predicted octanol–water partition coefficient (Wildman–Crippen LogP) is 6.01. The number of benzene rings is 3. The lowest BCUT2D eigenvalue weighted by molar-refractivity contribution is -0.383. The van der Waals surface area contributed by atoms with Gasteiger partial charge in [-0.3, -0.25) is 10.1 Å². The summed E-state index contributed by atoms with van der Waals surface area (Å²) < 4.78 is 0. The van der Waals surface area contributed by atoms with E-state index in [2.05, 4.69) is 63.8 Å². The molecule has 0 aliphatic carbocycles. The van der Waals surface area contributed by atoms with Gasteiger partial charge in [0.15, 0.2) is 5.13 Å². The molecule has 36 heavy (non-hydrogen) atoms. The summed E-state index contributed by atoms with van der Waals surface area (Å²) in [6, 6.07) is 24.0. The third-order valence-corrected chi connectivity index (χ3v) is 7.40. The molecule has 0 spiro atoms. The fourth-order valence-corrected chi connectivity index (χ4v) is 5.32. The number of nitrogens with zero attached hydrogens (tertiary/aromatic N) is 4. The van der Waals surface area contributed by atoms with Gasteiger partial charge in [0.05, 0.1) is 10.6 Å². The Hall–Kier alpha value is -3.91. The summed E-state index contributed by atoms with van der Waals surface area (Å²) in [4.78, 5) is 20.8. The fourth-order valence-electron chi connectivity index (χ4n) is 4.43. The summed E-state index contributed by atoms with van der Waals surface area (Å²) >= 11 is 1.68. The van der Waals surface area contributed by atoms with Gasteiger partial charge in [-0.25, -0.2) is 4.98 Å². The zero-order valence-corrected chi connectivity index (χ0v) is 21.1. The van der Waals surface area contributed by atoms with Gasteiger partial charge in [-0.15, -0.1) is 11.3 Å². The lowest BCUT2D eigenvalue weighted by Gasteiger charge is -2.36. The average Bonchev–Trinajstić information content (AvgIpc) is 3.40. The summed E-state index contributed by atoms with van der Waals surface area (Å²) in [5.41, 5.74) is 6.27. The molecule has 184 valence electrons. The third kappa shape index (κ3) is 5.49. The van der Waals surface area contributed by atoms with Crippen molar-refractivity contribution in [2.45, 2.75) is 13.3 Å². The molecule has 1 aliphatic heterocycles. The molecule has 1 fully saturated rings. The van der Waals surface area contributed by atoms with Gasteiger partial charge in [-0.2, -0.15) is 0 Å². The normalized spacial score (nSPS) is 13.6. The van der Waals surface area contributed by atoms with Crippen LogP contribution in [0.5, 0.6) is 0 Å². The Labute approximate surface area is 215 Å². The summed E-state index contributed by atoms with van der Waals surface area (Å²) in [5, 5.41) is 18.1. The number of nitro groups is 1. The van der Waals surface area contributed by atoms with Crippen molar-refractivity contribution in [3.63, 3.8) is 0 Å². The summed E-state index contributed by atoms with van der Waals surface area (Å²) in [5.74, 6) is 0. The van der Waals surface area contributed by atoms with Crippen LogP contribution in [0.25, 0.3) is 11.3 Å². The molecule has 0 bridgehead atoms. The number of nitrogens with one attached hydrogen (secondary N) is 1. The van der Waals surface area contributed by atoms with Gasteiger partial charge >= 0.3 is 0 Å². The highest BCUT2D eigenvalue weighted by Crippen LogP contribution is 2.32. The van der Waals surface area contributed by atoms with Crippen LogP contribution in [0.3, 0.4) is 0 Å². The van der Waals surface area contributed by atoms with Gasteiger partial charge in [-0.1, -0.05) is 60.2 Å². The number of hydrogen-bond acceptors (Lipinski definition) is 7. The second kappa shape index (κ2) is 10.8. The van der Waals surface area contributed by atoms with Gasteiger partial charge < -0.3 is 15.1 Å². The molecular formula is C28H29N5O2S. The molecule has 0 unspecified atom stereocenters. The smallest absolute Gasteiger partial charge is 0.292 e. The van der Waals surface area contributed by atoms with E-state index in [9.17, 15) is 10.1 Å². The highest BCUT2D eigenvalue weighted by Gasteiger charge is 2.22. The minimum Gasteiger partial charge on any atom is -0.379 e. The molecule has 1 saturated heterocycles. The minimum atomic E-state index is -0.319. The van der Waals surface area contributed by atoms with E-state index in [0.29, 0.717) is 12.2 Å². The lowest BCUT2D eigenvalue weighted by Crippen LogP contribution is -2.46. The molecule has 1 N–H and O–H groups in total. The second-order valence-electron chi connectivity index (χ2n) is 8.98. The van der Waals surface area contributed by atoms with Crippen molar-refractivity contribution in [3.8, 4) is 11.3 Å². The van der Waals surface area contributed by atoms with Crippen molar-refractivity contribution in [1.29, 1.82) is 0 Å². The van der Waals surface area contributed by atoms with Crippen molar-refractivity contribution >= 4 is 33.5 Å². The van der Waals surface area contributed by atoms with Crippen LogP contribution in [0.1, 0.15) is 11.1 Å². The fraction of sp³-hybridized carbons (Fsp3) is 0.250. The molecule has 0 saturated carbocycles. The van der Waals surface area contributed by atoms with E-state index in [1.807, 2.05) is 30.3 Å². The van der Waals surface area contributed by atoms with E-state index in [4.69, 9.17) is 4.98 Å². The monoisotopic (exact) mass is 499 g/mol. The number of thiazole rings is 1. The highest BCUT2D eigenvalue weighted by molar-refractivity contribution is 7.14. The van der Waals surface area contributed by atoms with Crippen molar-refractivity contribution in [3.05, 3.63) is 99.4 Å². The van der Waals surface area contributed by atoms with Crippen LogP contribution in [0.2, 0.25) is 0 Å². The first-order chi connectivity index (χ1) is 17.6. The standard InChI is InChI=1S/C28H29N5O2S/c1-21-7-9-23(10-8-21)26-20-36-28(30-26)32-17-15-31(16-18-32)24-11-12-27(33(34)35)25(19-24)29-14-13-22-5-3-2-4-6-22/h2-12,19-20,29H,13-18H2,1H3. The lowest BCUT2D eigenvalue weighted by atomic mass is 10.1. The Morgan fingerprint density at radius 3 is 2.42 bits per heavy atom. The van der Waals surface area contributed by atoms with Gasteiger partial charge in [-0.05, 0) is 31.0 Å². The van der Waals surface area contributed by atoms with Crippen molar-refractivity contribution in [1.82, 2.24) is 4.98 Å². The highest BCUT2D eigenvalue weighted by atomic mass is 32.1. The average molecular weight is 500 g/mol. The van der Waals surface area contributed by atoms with E-state index in [1.54, 1.807) is 17.4 Å². The van der Waals surface area contributed by atoms with E-state index in [1.165, 1.54) is 11.1 Å². The number of nitro benzene ring substituents is 1. The van der Waals surface area contributed by atoms with Crippen LogP contribution in [0.15, 0.2) is 78.2 Å². The van der Waals surface area contributed by atoms with E-state index >= 15 is 0 Å². The zero-order valence-electron chi connectivity index (χ0n) is 20.3. The van der Waals surface area contributed by atoms with Crippen LogP contribution in [-0.4, -0.2) is 42.6 Å². The molecule has 1 aliphatic rings. The molecule has 0 radical (unpaired) electrons. The van der Waals surface area contributed by atoms with Crippen molar-refractivity contribution in [2.75, 3.05) is 47.8 Å². The molecule has 4 aromatic rings. The van der Waals surface area contributed by atoms with Crippen LogP contribution < -0.4 is 15.1 Å². The van der Waals surface area contributed by atoms with E-state index in [0.717, 1.165) is 54.7 Å². The minimum absolute atomic E-state index is 0.108. The quantitative estimate of drug-likeness (QED) is 0.236. The van der Waals surface area contributed by atoms with E-state index in [-0.39, 0.29) is 10.6 Å². The second-order valence-corrected chi connectivity index (χ2v) is 9.81. The van der Waals surface area contributed by atoms with Crippen LogP contribution >= 0.6 is 11.3 Å². The van der Waals surface area contributed by atoms with Crippen LogP contribution in [-0.2, 0) is 6.42 Å². The Morgan fingerprint density at radius 1 is 0.972 bits per heavy atom. The van der Waals surface area contributed by atoms with Crippen LogP contribution in [0.4, 0.5) is 22.2 Å². The first-order valence-corrected chi connectivity index (χ1v) is 13.0. The van der Waals surface area contributed by atoms with Gasteiger partial charge in [0, 0.05) is 55.4 Å². The van der Waals surface area contributed by atoms with Gasteiger partial charge in [0.1, 0.15) is 5.69 Å². The number of anilines is 3. The Kier molecular flexibility index (Phi) is 7.13. The largest absolute Gasteiger partial charge is 0.379 e. The number of rotatable bonds is 8. The van der Waals surface area contributed by atoms with Crippen molar-refractivity contribution in [2.24, 2.45) is 0 Å². The zero-order chi connectivity index (χ0) is 24.9. The molecule has 5 rings (SSSR count). The maximum absolute atomic E-state index is 11.6. The van der Waals surface area contributed by atoms with E-state index < -0.39 is 0 Å². The topological polar surface area (TPSA) is 74.5 Å². The third-order valence-electron chi connectivity index (χ3n) is 6.50. The summed E-state index contributed by atoms with van der Waals surface area (Å²) in [6.07, 6.45) is 0.805. The molecule has 3 aromatic carbocycles. The molecular weight excluding hydrogens is 470 g/mol. The molecule has 2 heterocycles. The molecule has 7 nitrogen and oxygen atoms in total. The number of hydrogen-bond donors (Lipinski definition) is 1. The first-order valence-electron chi connectivity index (χ1n) is 12.2. The first kappa shape index (κ1) is 23.8. The summed E-state index contributed by atoms with van der Waals surface area (Å²) in [6.45, 7) is 6.10. The van der Waals surface area contributed by atoms with Gasteiger partial charge in [0.25, 0.3) is 5.69 Å². The Morgan fingerprint density at radius 2 is 1.69 bits per heavy atom. The number of aryl methyl sites for hydroxylation is 1. The molecule has 8 heteroatoms. The number of piperazine rings is 1. The maximum atomic E-state index is 11.6. The van der Waals surface area contributed by atoms with Gasteiger partial charge in [0.2, 0.25) is 0 Å². The molecule has 0 amide bonds. The Bertz CT molecular complexity index is 1320. The molecule has 0 atom stereocenters. The summed E-state index contributed by atoms with van der Waals surface area (Å²) in [7, 11) is 0. The maximum Gasteiger partial charge on any atom is 0.292 e. The van der Waals surface area contributed by atoms with Crippen molar-refractivity contribution < 1.29 is 4.92 Å².